The van der Waals surface area contributed by atoms with E-state index in [1.807, 2.05) is 23.9 Å². The fourth-order valence-electron chi connectivity index (χ4n) is 1.72. The molecule has 2 N–H and O–H groups in total. The minimum atomic E-state index is 0.222. The molecule has 17 heavy (non-hydrogen) atoms. The van der Waals surface area contributed by atoms with E-state index in [0.29, 0.717) is 5.25 Å². The van der Waals surface area contributed by atoms with Gasteiger partial charge in [-0.2, -0.15) is 11.8 Å². The van der Waals surface area contributed by atoms with Gasteiger partial charge in [0.05, 0.1) is 7.11 Å². The van der Waals surface area contributed by atoms with E-state index in [-0.39, 0.29) is 6.04 Å². The van der Waals surface area contributed by atoms with Gasteiger partial charge in [0.15, 0.2) is 0 Å². The first-order chi connectivity index (χ1) is 8.22. The molecule has 2 unspecified atom stereocenters. The summed E-state index contributed by atoms with van der Waals surface area (Å²) in [5, 5.41) is 0.394. The Balaban J connectivity index is 2.79. The first-order valence-corrected chi connectivity index (χ1v) is 7.28. The second-order valence-corrected chi connectivity index (χ2v) is 5.39. The number of hydrogen-bond acceptors (Lipinski definition) is 3. The lowest BCUT2D eigenvalue weighted by molar-refractivity contribution is 0.414. The van der Waals surface area contributed by atoms with Crippen molar-refractivity contribution in [1.82, 2.24) is 0 Å². The maximum absolute atomic E-state index is 6.21. The van der Waals surface area contributed by atoms with E-state index < -0.39 is 0 Å². The zero-order valence-electron chi connectivity index (χ0n) is 11.0. The molecule has 0 saturated carbocycles. The SMILES string of the molecule is CCCSC(c1ccc(OC)cc1)C(N)CC. The van der Waals surface area contributed by atoms with Gasteiger partial charge in [-0.05, 0) is 36.3 Å². The van der Waals surface area contributed by atoms with E-state index in [1.54, 1.807) is 7.11 Å². The lowest BCUT2D eigenvalue weighted by Gasteiger charge is -2.23. The lowest BCUT2D eigenvalue weighted by Crippen LogP contribution is -2.25. The number of ether oxygens (including phenoxy) is 1. The van der Waals surface area contributed by atoms with Crippen molar-refractivity contribution in [3.8, 4) is 5.75 Å². The number of nitrogens with two attached hydrogens (primary N) is 1. The first kappa shape index (κ1) is 14.4. The van der Waals surface area contributed by atoms with Crippen LogP contribution in [0.3, 0.4) is 0 Å². The van der Waals surface area contributed by atoms with Crippen LogP contribution < -0.4 is 10.5 Å². The summed E-state index contributed by atoms with van der Waals surface area (Å²) in [4.78, 5) is 0. The molecule has 0 saturated heterocycles. The standard InChI is InChI=1S/C14H23NOS/c1-4-10-17-14(13(15)5-2)11-6-8-12(16-3)9-7-11/h6-9,13-14H,4-5,10,15H2,1-3H3. The van der Waals surface area contributed by atoms with Gasteiger partial charge in [-0.25, -0.2) is 0 Å². The van der Waals surface area contributed by atoms with Crippen LogP contribution in [-0.2, 0) is 0 Å². The molecule has 1 aromatic rings. The van der Waals surface area contributed by atoms with E-state index in [0.717, 1.165) is 17.9 Å². The molecule has 0 aliphatic carbocycles. The average Bonchev–Trinajstić information content (AvgIpc) is 2.39. The van der Waals surface area contributed by atoms with Gasteiger partial charge in [0.25, 0.3) is 0 Å². The normalized spacial score (nSPS) is 14.4. The monoisotopic (exact) mass is 253 g/mol. The third kappa shape index (κ3) is 4.25. The third-order valence-corrected chi connectivity index (χ3v) is 4.43. The molecule has 3 heteroatoms. The minimum Gasteiger partial charge on any atom is -0.497 e. The van der Waals surface area contributed by atoms with Crippen molar-refractivity contribution in [2.24, 2.45) is 5.73 Å². The zero-order chi connectivity index (χ0) is 12.7. The Kier molecular flexibility index (Phi) is 6.45. The second kappa shape index (κ2) is 7.62. The number of rotatable bonds is 7. The van der Waals surface area contributed by atoms with Crippen LogP contribution in [0.2, 0.25) is 0 Å². The van der Waals surface area contributed by atoms with Crippen molar-refractivity contribution in [3.05, 3.63) is 29.8 Å². The molecule has 0 fully saturated rings. The molecule has 2 atom stereocenters. The second-order valence-electron chi connectivity index (χ2n) is 4.14. The first-order valence-electron chi connectivity index (χ1n) is 6.24. The topological polar surface area (TPSA) is 35.2 Å². The summed E-state index contributed by atoms with van der Waals surface area (Å²) >= 11 is 1.95. The van der Waals surface area contributed by atoms with Crippen molar-refractivity contribution in [2.75, 3.05) is 12.9 Å². The maximum atomic E-state index is 6.21. The van der Waals surface area contributed by atoms with Crippen LogP contribution >= 0.6 is 11.8 Å². The largest absolute Gasteiger partial charge is 0.497 e. The third-order valence-electron chi connectivity index (χ3n) is 2.81. The van der Waals surface area contributed by atoms with Crippen LogP contribution in [-0.4, -0.2) is 18.9 Å². The van der Waals surface area contributed by atoms with Crippen LogP contribution in [0.15, 0.2) is 24.3 Å². The van der Waals surface area contributed by atoms with Gasteiger partial charge in [-0.1, -0.05) is 26.0 Å². The number of methoxy groups -OCH3 is 1. The van der Waals surface area contributed by atoms with E-state index in [4.69, 9.17) is 10.5 Å². The van der Waals surface area contributed by atoms with E-state index in [2.05, 4.69) is 26.0 Å². The predicted molar refractivity (Wildman–Crippen MR) is 76.8 cm³/mol. The van der Waals surface area contributed by atoms with Gasteiger partial charge in [-0.3, -0.25) is 0 Å². The van der Waals surface area contributed by atoms with E-state index >= 15 is 0 Å². The van der Waals surface area contributed by atoms with Crippen molar-refractivity contribution < 1.29 is 4.74 Å². The molecule has 96 valence electrons. The van der Waals surface area contributed by atoms with Gasteiger partial charge < -0.3 is 10.5 Å². The van der Waals surface area contributed by atoms with Gasteiger partial charge in [0.1, 0.15) is 5.75 Å². The molecule has 0 aliphatic heterocycles. The van der Waals surface area contributed by atoms with Crippen LogP contribution in [0.25, 0.3) is 0 Å². The van der Waals surface area contributed by atoms with Gasteiger partial charge >= 0.3 is 0 Å². The lowest BCUT2D eigenvalue weighted by atomic mass is 10.0. The van der Waals surface area contributed by atoms with Crippen molar-refractivity contribution in [1.29, 1.82) is 0 Å². The molecule has 0 aliphatic rings. The Bertz CT molecular complexity index is 313. The molecule has 0 spiro atoms. The van der Waals surface area contributed by atoms with Crippen molar-refractivity contribution in [3.63, 3.8) is 0 Å². The summed E-state index contributed by atoms with van der Waals surface area (Å²) in [6.45, 7) is 4.35. The van der Waals surface area contributed by atoms with Crippen molar-refractivity contribution >= 4 is 11.8 Å². The van der Waals surface area contributed by atoms with E-state index in [1.165, 1.54) is 12.0 Å². The zero-order valence-corrected chi connectivity index (χ0v) is 11.8. The van der Waals surface area contributed by atoms with E-state index in [9.17, 15) is 0 Å². The molecule has 0 radical (unpaired) electrons. The van der Waals surface area contributed by atoms with Crippen molar-refractivity contribution in [2.45, 2.75) is 38.0 Å². The van der Waals surface area contributed by atoms with Crippen LogP contribution in [0.1, 0.15) is 37.5 Å². The number of benzene rings is 1. The Labute approximate surface area is 109 Å². The summed E-state index contributed by atoms with van der Waals surface area (Å²) in [5.74, 6) is 2.06. The highest BCUT2D eigenvalue weighted by Crippen LogP contribution is 2.33. The summed E-state index contributed by atoms with van der Waals surface area (Å²) in [6.07, 6.45) is 2.20. The highest BCUT2D eigenvalue weighted by molar-refractivity contribution is 7.99. The smallest absolute Gasteiger partial charge is 0.118 e. The summed E-state index contributed by atoms with van der Waals surface area (Å²) in [7, 11) is 1.69. The predicted octanol–water partition coefficient (Wildman–Crippen LogP) is 3.62. The quantitative estimate of drug-likeness (QED) is 0.806. The maximum Gasteiger partial charge on any atom is 0.118 e. The van der Waals surface area contributed by atoms with Crippen LogP contribution in [0, 0.1) is 0 Å². The molecule has 0 heterocycles. The molecule has 1 rings (SSSR count). The van der Waals surface area contributed by atoms with Gasteiger partial charge in [0, 0.05) is 11.3 Å². The highest BCUT2D eigenvalue weighted by Gasteiger charge is 2.18. The highest BCUT2D eigenvalue weighted by atomic mass is 32.2. The molecule has 0 bridgehead atoms. The fourth-order valence-corrected chi connectivity index (χ4v) is 3.00. The summed E-state index contributed by atoms with van der Waals surface area (Å²) < 4.78 is 5.18. The van der Waals surface area contributed by atoms with Gasteiger partial charge in [-0.15, -0.1) is 0 Å². The molecule has 0 aromatic heterocycles. The van der Waals surface area contributed by atoms with Crippen LogP contribution in [0.5, 0.6) is 5.75 Å². The Morgan fingerprint density at radius 2 is 1.88 bits per heavy atom. The summed E-state index contributed by atoms with van der Waals surface area (Å²) in [5.41, 5.74) is 7.51. The Morgan fingerprint density at radius 1 is 1.24 bits per heavy atom. The fraction of sp³-hybridized carbons (Fsp3) is 0.571. The van der Waals surface area contributed by atoms with Gasteiger partial charge in [0.2, 0.25) is 0 Å². The minimum absolute atomic E-state index is 0.222. The number of thioether (sulfide) groups is 1. The molecular formula is C14H23NOS. The van der Waals surface area contributed by atoms with Crippen LogP contribution in [0.4, 0.5) is 0 Å². The molecule has 0 amide bonds. The Morgan fingerprint density at radius 3 is 2.35 bits per heavy atom. The number of hydrogen-bond donors (Lipinski definition) is 1. The molecule has 2 nitrogen and oxygen atoms in total. The average molecular weight is 253 g/mol. The summed E-state index contributed by atoms with van der Waals surface area (Å²) in [6, 6.07) is 8.50. The molecule has 1 aromatic carbocycles. The Hall–Kier alpha value is -0.670. The molecular weight excluding hydrogens is 230 g/mol.